The van der Waals surface area contributed by atoms with Crippen LogP contribution in [-0.4, -0.2) is 18.1 Å². The fourth-order valence-corrected chi connectivity index (χ4v) is 1.24. The number of hydrogen-bond acceptors (Lipinski definition) is 4. The predicted octanol–water partition coefficient (Wildman–Crippen LogP) is 2.27. The second-order valence-electron chi connectivity index (χ2n) is 2.62. The van der Waals surface area contributed by atoms with E-state index in [0.717, 1.165) is 0 Å². The Bertz CT molecular complexity index is 492. The molecule has 72 valence electrons. The molecular weight excluding hydrogens is 206 g/mol. The Balaban J connectivity index is 2.56. The van der Waals surface area contributed by atoms with Crippen molar-refractivity contribution in [2.45, 2.75) is 0 Å². The van der Waals surface area contributed by atoms with Gasteiger partial charge in [-0.25, -0.2) is 9.78 Å². The number of benzene rings is 1. The van der Waals surface area contributed by atoms with Crippen molar-refractivity contribution in [3.05, 3.63) is 29.1 Å². The summed E-state index contributed by atoms with van der Waals surface area (Å²) in [5.74, 6) is -0.665. The van der Waals surface area contributed by atoms with Gasteiger partial charge in [0.05, 0.1) is 7.11 Å². The third kappa shape index (κ3) is 1.44. The van der Waals surface area contributed by atoms with Crippen LogP contribution in [0.1, 0.15) is 10.7 Å². The van der Waals surface area contributed by atoms with Gasteiger partial charge < -0.3 is 9.15 Å². The van der Waals surface area contributed by atoms with Gasteiger partial charge >= 0.3 is 11.9 Å². The molecule has 0 spiro atoms. The Morgan fingerprint density at radius 2 is 2.36 bits per heavy atom. The van der Waals surface area contributed by atoms with Crippen molar-refractivity contribution >= 4 is 28.7 Å². The van der Waals surface area contributed by atoms with E-state index in [1.54, 1.807) is 18.2 Å². The van der Waals surface area contributed by atoms with Gasteiger partial charge in [-0.05, 0) is 18.2 Å². The highest BCUT2D eigenvalue weighted by atomic mass is 35.5. The summed E-state index contributed by atoms with van der Waals surface area (Å²) in [5, 5.41) is 0.544. The lowest BCUT2D eigenvalue weighted by Gasteiger charge is -1.88. The van der Waals surface area contributed by atoms with E-state index in [4.69, 9.17) is 16.0 Å². The summed E-state index contributed by atoms with van der Waals surface area (Å²) in [4.78, 5) is 15.0. The molecule has 1 heterocycles. The van der Waals surface area contributed by atoms with E-state index in [0.29, 0.717) is 16.1 Å². The maximum Gasteiger partial charge on any atom is 0.394 e. The highest BCUT2D eigenvalue weighted by Gasteiger charge is 2.14. The molecule has 0 fully saturated rings. The molecule has 0 saturated carbocycles. The van der Waals surface area contributed by atoms with E-state index in [1.807, 2.05) is 0 Å². The first-order valence-corrected chi connectivity index (χ1v) is 4.23. The third-order valence-electron chi connectivity index (χ3n) is 1.71. The zero-order valence-electron chi connectivity index (χ0n) is 7.28. The van der Waals surface area contributed by atoms with Crippen LogP contribution in [0.4, 0.5) is 0 Å². The molecule has 0 N–H and O–H groups in total. The molecule has 1 aromatic heterocycles. The summed E-state index contributed by atoms with van der Waals surface area (Å²) in [6.45, 7) is 0. The van der Waals surface area contributed by atoms with Crippen molar-refractivity contribution in [3.8, 4) is 0 Å². The van der Waals surface area contributed by atoms with Crippen LogP contribution in [0.2, 0.25) is 5.02 Å². The van der Waals surface area contributed by atoms with Crippen LogP contribution in [0.3, 0.4) is 0 Å². The Labute approximate surface area is 84.4 Å². The lowest BCUT2D eigenvalue weighted by atomic mass is 10.3. The first-order chi connectivity index (χ1) is 6.70. The number of nitrogens with zero attached hydrogens (tertiary/aromatic N) is 1. The Hall–Kier alpha value is -1.55. The van der Waals surface area contributed by atoms with Crippen LogP contribution in [-0.2, 0) is 4.74 Å². The van der Waals surface area contributed by atoms with Crippen molar-refractivity contribution < 1.29 is 13.9 Å². The van der Waals surface area contributed by atoms with Crippen LogP contribution in [0.25, 0.3) is 11.1 Å². The maximum absolute atomic E-state index is 11.1. The van der Waals surface area contributed by atoms with Crippen molar-refractivity contribution in [3.63, 3.8) is 0 Å². The molecule has 0 bridgehead atoms. The van der Waals surface area contributed by atoms with Gasteiger partial charge in [0, 0.05) is 5.02 Å². The van der Waals surface area contributed by atoms with E-state index in [-0.39, 0.29) is 5.89 Å². The molecule has 2 aromatic rings. The number of esters is 1. The molecular formula is C9H6ClNO3. The molecule has 1 aromatic carbocycles. The van der Waals surface area contributed by atoms with Crippen molar-refractivity contribution in [1.82, 2.24) is 4.98 Å². The van der Waals surface area contributed by atoms with Gasteiger partial charge in [0.25, 0.3) is 0 Å². The van der Waals surface area contributed by atoms with E-state index in [2.05, 4.69) is 9.72 Å². The molecule has 0 radical (unpaired) electrons. The van der Waals surface area contributed by atoms with Crippen LogP contribution in [0, 0.1) is 0 Å². The zero-order chi connectivity index (χ0) is 10.1. The molecule has 14 heavy (non-hydrogen) atoms. The predicted molar refractivity (Wildman–Crippen MR) is 50.4 cm³/mol. The molecule has 5 heteroatoms. The van der Waals surface area contributed by atoms with Crippen LogP contribution in [0.15, 0.2) is 22.6 Å². The average Bonchev–Trinajstić information content (AvgIpc) is 2.59. The first kappa shape index (κ1) is 9.02. The van der Waals surface area contributed by atoms with Crippen LogP contribution in [0.5, 0.6) is 0 Å². The van der Waals surface area contributed by atoms with Crippen LogP contribution < -0.4 is 0 Å². The van der Waals surface area contributed by atoms with E-state index in [1.165, 1.54) is 7.11 Å². The molecule has 0 aliphatic carbocycles. The molecule has 0 saturated heterocycles. The monoisotopic (exact) mass is 211 g/mol. The minimum absolute atomic E-state index is 0.0650. The van der Waals surface area contributed by atoms with Gasteiger partial charge in [-0.3, -0.25) is 0 Å². The minimum Gasteiger partial charge on any atom is -0.462 e. The van der Waals surface area contributed by atoms with E-state index >= 15 is 0 Å². The average molecular weight is 212 g/mol. The maximum atomic E-state index is 11.1. The first-order valence-electron chi connectivity index (χ1n) is 3.85. The second kappa shape index (κ2) is 3.31. The third-order valence-corrected chi connectivity index (χ3v) is 1.94. The normalized spacial score (nSPS) is 10.4. The fourth-order valence-electron chi connectivity index (χ4n) is 1.08. The lowest BCUT2D eigenvalue weighted by Crippen LogP contribution is -2.00. The topological polar surface area (TPSA) is 52.3 Å². The number of halogens is 1. The van der Waals surface area contributed by atoms with Gasteiger partial charge in [0.15, 0.2) is 5.58 Å². The number of oxazole rings is 1. The number of carbonyl (C=O) groups excluding carboxylic acids is 1. The summed E-state index contributed by atoms with van der Waals surface area (Å²) in [6, 6.07) is 4.93. The number of aromatic nitrogens is 1. The smallest absolute Gasteiger partial charge is 0.394 e. The quantitative estimate of drug-likeness (QED) is 0.679. The summed E-state index contributed by atoms with van der Waals surface area (Å²) in [7, 11) is 1.27. The highest BCUT2D eigenvalue weighted by molar-refractivity contribution is 6.31. The largest absolute Gasteiger partial charge is 0.462 e. The number of carbonyl (C=O) groups is 1. The molecule has 0 amide bonds. The van der Waals surface area contributed by atoms with Gasteiger partial charge in [0.2, 0.25) is 0 Å². The molecule has 2 rings (SSSR count). The van der Waals surface area contributed by atoms with E-state index < -0.39 is 5.97 Å². The molecule has 0 aliphatic rings. The number of fused-ring (bicyclic) bond motifs is 1. The molecule has 0 aliphatic heterocycles. The van der Waals surface area contributed by atoms with Gasteiger partial charge in [0.1, 0.15) is 5.52 Å². The summed E-state index contributed by atoms with van der Waals surface area (Å²) in [5.41, 5.74) is 1.05. The zero-order valence-corrected chi connectivity index (χ0v) is 8.04. The SMILES string of the molecule is COC(=O)c1nc2cc(Cl)ccc2o1. The Kier molecular flexibility index (Phi) is 2.13. The summed E-state index contributed by atoms with van der Waals surface area (Å²) < 4.78 is 9.60. The second-order valence-corrected chi connectivity index (χ2v) is 3.06. The number of rotatable bonds is 1. The van der Waals surface area contributed by atoms with Crippen molar-refractivity contribution in [2.24, 2.45) is 0 Å². The Morgan fingerprint density at radius 3 is 3.07 bits per heavy atom. The Morgan fingerprint density at radius 1 is 1.57 bits per heavy atom. The number of ether oxygens (including phenoxy) is 1. The fraction of sp³-hybridized carbons (Fsp3) is 0.111. The summed E-state index contributed by atoms with van der Waals surface area (Å²) in [6.07, 6.45) is 0. The van der Waals surface area contributed by atoms with Crippen molar-refractivity contribution in [2.75, 3.05) is 7.11 Å². The lowest BCUT2D eigenvalue weighted by molar-refractivity contribution is 0.0559. The van der Waals surface area contributed by atoms with Gasteiger partial charge in [-0.1, -0.05) is 11.6 Å². The molecule has 0 atom stereocenters. The number of methoxy groups -OCH3 is 1. The van der Waals surface area contributed by atoms with Crippen molar-refractivity contribution in [1.29, 1.82) is 0 Å². The molecule has 0 unspecified atom stereocenters. The standard InChI is InChI=1S/C9H6ClNO3/c1-13-9(12)8-11-6-4-5(10)2-3-7(6)14-8/h2-4H,1H3. The molecule has 4 nitrogen and oxygen atoms in total. The van der Waals surface area contributed by atoms with Gasteiger partial charge in [-0.15, -0.1) is 0 Å². The van der Waals surface area contributed by atoms with Crippen LogP contribution >= 0.6 is 11.6 Å². The van der Waals surface area contributed by atoms with Gasteiger partial charge in [-0.2, -0.15) is 0 Å². The summed E-state index contributed by atoms with van der Waals surface area (Å²) >= 11 is 5.74. The highest BCUT2D eigenvalue weighted by Crippen LogP contribution is 2.20. The van der Waals surface area contributed by atoms with E-state index in [9.17, 15) is 4.79 Å². The number of hydrogen-bond donors (Lipinski definition) is 0. The minimum atomic E-state index is -0.600.